The van der Waals surface area contributed by atoms with Gasteiger partial charge >= 0.3 is 0 Å². The van der Waals surface area contributed by atoms with E-state index < -0.39 is 0 Å². The zero-order chi connectivity index (χ0) is 12.1. The van der Waals surface area contributed by atoms with Crippen LogP contribution in [-0.2, 0) is 4.79 Å². The second-order valence-corrected chi connectivity index (χ2v) is 3.83. The molecule has 0 saturated carbocycles. The van der Waals surface area contributed by atoms with Crippen molar-refractivity contribution in [1.29, 1.82) is 0 Å². The summed E-state index contributed by atoms with van der Waals surface area (Å²) in [5.74, 6) is -0.342. The summed E-state index contributed by atoms with van der Waals surface area (Å²) in [5, 5.41) is 5.73. The third-order valence-electron chi connectivity index (χ3n) is 2.65. The number of hydrogen-bond donors (Lipinski definition) is 2. The first-order valence-corrected chi connectivity index (χ1v) is 5.56. The van der Waals surface area contributed by atoms with Crippen molar-refractivity contribution in [3.05, 3.63) is 24.2 Å². The van der Waals surface area contributed by atoms with Gasteiger partial charge in [-0.05, 0) is 6.07 Å². The minimum Gasteiger partial charge on any atom is -0.472 e. The minimum absolute atomic E-state index is 0.0318. The van der Waals surface area contributed by atoms with Crippen LogP contribution in [-0.4, -0.2) is 49.4 Å². The second kappa shape index (κ2) is 5.49. The molecule has 1 fully saturated rings. The van der Waals surface area contributed by atoms with Gasteiger partial charge in [-0.15, -0.1) is 0 Å². The summed E-state index contributed by atoms with van der Waals surface area (Å²) < 4.78 is 4.79. The summed E-state index contributed by atoms with van der Waals surface area (Å²) in [6, 6.07) is 1.56. The molecule has 0 atom stereocenters. The summed E-state index contributed by atoms with van der Waals surface area (Å²) in [4.78, 5) is 25.0. The number of hydrogen-bond acceptors (Lipinski definition) is 4. The average molecular weight is 237 g/mol. The third kappa shape index (κ3) is 3.07. The summed E-state index contributed by atoms with van der Waals surface area (Å²) in [5.41, 5.74) is 0.429. The Kier molecular flexibility index (Phi) is 3.77. The quantitative estimate of drug-likeness (QED) is 0.739. The largest absolute Gasteiger partial charge is 0.472 e. The van der Waals surface area contributed by atoms with Crippen molar-refractivity contribution in [2.75, 3.05) is 32.7 Å². The molecule has 1 aliphatic heterocycles. The van der Waals surface area contributed by atoms with E-state index in [1.807, 2.05) is 0 Å². The van der Waals surface area contributed by atoms with E-state index >= 15 is 0 Å². The lowest BCUT2D eigenvalue weighted by Gasteiger charge is -2.27. The summed E-state index contributed by atoms with van der Waals surface area (Å²) in [6.45, 7) is 3.04. The number of carbonyl (C=O) groups excluding carboxylic acids is 2. The fraction of sp³-hybridized carbons (Fsp3) is 0.455. The Morgan fingerprint density at radius 1 is 1.41 bits per heavy atom. The molecule has 2 heterocycles. The van der Waals surface area contributed by atoms with Crippen LogP contribution < -0.4 is 10.6 Å². The van der Waals surface area contributed by atoms with Gasteiger partial charge < -0.3 is 20.0 Å². The lowest BCUT2D eigenvalue weighted by atomic mass is 10.3. The van der Waals surface area contributed by atoms with E-state index in [9.17, 15) is 9.59 Å². The number of amides is 2. The van der Waals surface area contributed by atoms with E-state index in [0.29, 0.717) is 18.7 Å². The molecule has 0 aliphatic carbocycles. The van der Waals surface area contributed by atoms with Crippen LogP contribution in [0.25, 0.3) is 0 Å². The van der Waals surface area contributed by atoms with Gasteiger partial charge in [-0.1, -0.05) is 0 Å². The highest BCUT2D eigenvalue weighted by Crippen LogP contribution is 1.99. The van der Waals surface area contributed by atoms with Crippen molar-refractivity contribution >= 4 is 11.8 Å². The molecule has 0 radical (unpaired) electrons. The van der Waals surface area contributed by atoms with Crippen LogP contribution >= 0.6 is 0 Å². The molecule has 92 valence electrons. The first-order valence-electron chi connectivity index (χ1n) is 5.56. The van der Waals surface area contributed by atoms with E-state index in [1.165, 1.54) is 12.5 Å². The van der Waals surface area contributed by atoms with Gasteiger partial charge in [0.25, 0.3) is 5.91 Å². The smallest absolute Gasteiger partial charge is 0.254 e. The third-order valence-corrected chi connectivity index (χ3v) is 2.65. The van der Waals surface area contributed by atoms with Gasteiger partial charge in [0, 0.05) is 26.2 Å². The number of nitrogens with one attached hydrogen (secondary N) is 2. The van der Waals surface area contributed by atoms with Gasteiger partial charge in [-0.3, -0.25) is 9.59 Å². The highest BCUT2D eigenvalue weighted by Gasteiger charge is 2.17. The number of carbonyl (C=O) groups is 2. The maximum Gasteiger partial charge on any atom is 0.254 e. The monoisotopic (exact) mass is 237 g/mol. The summed E-state index contributed by atoms with van der Waals surface area (Å²) in [7, 11) is 0. The molecule has 2 rings (SSSR count). The molecule has 2 N–H and O–H groups in total. The maximum atomic E-state index is 11.7. The highest BCUT2D eigenvalue weighted by atomic mass is 16.3. The normalized spacial score (nSPS) is 15.6. The molecule has 0 bridgehead atoms. The van der Waals surface area contributed by atoms with Gasteiger partial charge in [-0.25, -0.2) is 0 Å². The van der Waals surface area contributed by atoms with Crippen molar-refractivity contribution in [3.8, 4) is 0 Å². The van der Waals surface area contributed by atoms with Crippen molar-refractivity contribution in [2.24, 2.45) is 0 Å². The van der Waals surface area contributed by atoms with Gasteiger partial charge in [0.1, 0.15) is 6.26 Å². The van der Waals surface area contributed by atoms with Crippen molar-refractivity contribution < 1.29 is 14.0 Å². The predicted octanol–water partition coefficient (Wildman–Crippen LogP) is -0.559. The zero-order valence-corrected chi connectivity index (χ0v) is 9.44. The molecule has 1 aromatic heterocycles. The number of rotatable bonds is 3. The van der Waals surface area contributed by atoms with Crippen LogP contribution in [0, 0.1) is 0 Å². The topological polar surface area (TPSA) is 74.6 Å². The Bertz CT molecular complexity index is 383. The first-order chi connectivity index (χ1) is 8.27. The lowest BCUT2D eigenvalue weighted by Crippen LogP contribution is -2.49. The van der Waals surface area contributed by atoms with Crippen LogP contribution in [0.3, 0.4) is 0 Å². The molecule has 1 saturated heterocycles. The second-order valence-electron chi connectivity index (χ2n) is 3.83. The highest BCUT2D eigenvalue weighted by molar-refractivity contribution is 5.96. The van der Waals surface area contributed by atoms with Crippen LogP contribution in [0.15, 0.2) is 23.0 Å². The Hall–Kier alpha value is -1.82. The number of nitrogens with zero attached hydrogens (tertiary/aromatic N) is 1. The molecule has 17 heavy (non-hydrogen) atoms. The Labute approximate surface area is 99.0 Å². The Balaban J connectivity index is 1.77. The number of piperazine rings is 1. The van der Waals surface area contributed by atoms with Crippen LogP contribution in [0.2, 0.25) is 0 Å². The Morgan fingerprint density at radius 3 is 2.82 bits per heavy atom. The van der Waals surface area contributed by atoms with Gasteiger partial charge in [-0.2, -0.15) is 0 Å². The fourth-order valence-corrected chi connectivity index (χ4v) is 1.68. The molecule has 1 aliphatic rings. The van der Waals surface area contributed by atoms with Crippen LogP contribution in [0.4, 0.5) is 0 Å². The molecule has 0 spiro atoms. The SMILES string of the molecule is O=C(NCC(=O)N1CCNCC1)c1ccoc1. The number of furan rings is 1. The van der Waals surface area contributed by atoms with Crippen LogP contribution in [0.5, 0.6) is 0 Å². The van der Waals surface area contributed by atoms with Crippen molar-refractivity contribution in [2.45, 2.75) is 0 Å². The fourth-order valence-electron chi connectivity index (χ4n) is 1.68. The molecule has 0 aromatic carbocycles. The maximum absolute atomic E-state index is 11.7. The van der Waals surface area contributed by atoms with E-state index in [1.54, 1.807) is 11.0 Å². The van der Waals surface area contributed by atoms with E-state index in [4.69, 9.17) is 4.42 Å². The molecular weight excluding hydrogens is 222 g/mol. The molecular formula is C11H15N3O3. The van der Waals surface area contributed by atoms with E-state index in [-0.39, 0.29) is 18.4 Å². The first kappa shape index (κ1) is 11.7. The summed E-state index contributed by atoms with van der Waals surface area (Å²) in [6.07, 6.45) is 2.78. The Morgan fingerprint density at radius 2 is 2.18 bits per heavy atom. The van der Waals surface area contributed by atoms with Crippen molar-refractivity contribution in [1.82, 2.24) is 15.5 Å². The molecule has 6 heteroatoms. The molecule has 6 nitrogen and oxygen atoms in total. The standard InChI is InChI=1S/C11H15N3O3/c15-10(14-4-2-12-3-5-14)7-13-11(16)9-1-6-17-8-9/h1,6,8,12H,2-5,7H2,(H,13,16). The molecule has 0 unspecified atom stereocenters. The predicted molar refractivity (Wildman–Crippen MR) is 60.5 cm³/mol. The van der Waals surface area contributed by atoms with Crippen molar-refractivity contribution in [3.63, 3.8) is 0 Å². The molecule has 1 aromatic rings. The average Bonchev–Trinajstić information content (AvgIpc) is 2.90. The van der Waals surface area contributed by atoms with Crippen LogP contribution in [0.1, 0.15) is 10.4 Å². The minimum atomic E-state index is -0.290. The van der Waals surface area contributed by atoms with E-state index in [2.05, 4.69) is 10.6 Å². The lowest BCUT2D eigenvalue weighted by molar-refractivity contribution is -0.130. The summed E-state index contributed by atoms with van der Waals surface area (Å²) >= 11 is 0. The van der Waals surface area contributed by atoms with Gasteiger partial charge in [0.05, 0.1) is 18.4 Å². The van der Waals surface area contributed by atoms with Gasteiger partial charge in [0.15, 0.2) is 0 Å². The van der Waals surface area contributed by atoms with Gasteiger partial charge in [0.2, 0.25) is 5.91 Å². The van der Waals surface area contributed by atoms with E-state index in [0.717, 1.165) is 13.1 Å². The molecule has 2 amide bonds. The zero-order valence-electron chi connectivity index (χ0n) is 9.44.